The number of nitrogens with one attached hydrogen (secondary N) is 3. The maximum atomic E-state index is 13.0. The first-order valence-electron chi connectivity index (χ1n) is 9.85. The van der Waals surface area contributed by atoms with Crippen LogP contribution in [0.4, 0.5) is 5.69 Å². The summed E-state index contributed by atoms with van der Waals surface area (Å²) in [6, 6.07) is 2.29. The van der Waals surface area contributed by atoms with Gasteiger partial charge in [-0.1, -0.05) is 6.07 Å². The molecule has 4 rings (SSSR count). The van der Waals surface area contributed by atoms with E-state index >= 15 is 0 Å². The summed E-state index contributed by atoms with van der Waals surface area (Å²) >= 11 is 0. The van der Waals surface area contributed by atoms with Crippen molar-refractivity contribution in [2.45, 2.75) is 49.0 Å². The molecule has 2 unspecified atom stereocenters. The number of hydrogen-bond acceptors (Lipinski definition) is 5. The molecule has 154 valence electrons. The highest BCUT2D eigenvalue weighted by Gasteiger charge is 2.34. The highest BCUT2D eigenvalue weighted by Crippen LogP contribution is 2.38. The van der Waals surface area contributed by atoms with Crippen molar-refractivity contribution < 1.29 is 17.4 Å². The number of sulfonamides is 1. The fourth-order valence-electron chi connectivity index (χ4n) is 4.32. The Morgan fingerprint density at radius 1 is 1.18 bits per heavy atom. The molecule has 3 aliphatic rings. The average Bonchev–Trinajstić information content (AvgIpc) is 3.20. The summed E-state index contributed by atoms with van der Waals surface area (Å²) in [4.78, 5) is 13.0. The molecule has 0 bridgehead atoms. The van der Waals surface area contributed by atoms with Crippen LogP contribution in [0, 0.1) is 0 Å². The zero-order chi connectivity index (χ0) is 19.9. The molecule has 2 aliphatic carbocycles. The van der Waals surface area contributed by atoms with Crippen molar-refractivity contribution in [2.75, 3.05) is 31.2 Å². The predicted molar refractivity (Wildman–Crippen MR) is 111 cm³/mol. The lowest BCUT2D eigenvalue weighted by molar-refractivity contribution is -0.115. The van der Waals surface area contributed by atoms with Crippen LogP contribution in [0.1, 0.15) is 35.1 Å². The van der Waals surface area contributed by atoms with E-state index in [1.165, 1.54) is 28.5 Å². The molecule has 1 aromatic carbocycles. The Kier molecular flexibility index (Phi) is 5.61. The topological polar surface area (TPSA) is 104 Å². The fourth-order valence-corrected chi connectivity index (χ4v) is 6.42. The van der Waals surface area contributed by atoms with Gasteiger partial charge in [-0.25, -0.2) is 13.1 Å². The molecule has 9 heteroatoms. The van der Waals surface area contributed by atoms with Crippen molar-refractivity contribution >= 4 is 32.4 Å². The van der Waals surface area contributed by atoms with Crippen LogP contribution in [0.5, 0.6) is 0 Å². The van der Waals surface area contributed by atoms with Gasteiger partial charge in [-0.2, -0.15) is 0 Å². The quantitative estimate of drug-likeness (QED) is 0.581. The second-order valence-electron chi connectivity index (χ2n) is 7.88. The van der Waals surface area contributed by atoms with E-state index in [1.54, 1.807) is 0 Å². The number of aryl methyl sites for hydroxylation is 2. The molecule has 2 atom stereocenters. The van der Waals surface area contributed by atoms with Gasteiger partial charge in [-0.3, -0.25) is 9.00 Å². The van der Waals surface area contributed by atoms with Crippen LogP contribution in [-0.2, 0) is 51.3 Å². The van der Waals surface area contributed by atoms with Gasteiger partial charge in [0, 0.05) is 42.4 Å². The molecular weight excluding hydrogens is 398 g/mol. The molecule has 1 aliphatic heterocycles. The van der Waals surface area contributed by atoms with Gasteiger partial charge in [0.2, 0.25) is 15.9 Å². The molecule has 0 aromatic heterocycles. The molecule has 3 N–H and O–H groups in total. The van der Waals surface area contributed by atoms with Gasteiger partial charge in [-0.15, -0.1) is 0 Å². The Hall–Kier alpha value is -1.29. The summed E-state index contributed by atoms with van der Waals surface area (Å²) in [7, 11) is -4.99. The maximum absolute atomic E-state index is 13.0. The zero-order valence-electron chi connectivity index (χ0n) is 16.0. The van der Waals surface area contributed by atoms with Gasteiger partial charge >= 0.3 is 0 Å². The molecule has 1 fully saturated rings. The molecule has 1 amide bonds. The van der Waals surface area contributed by atoms with Crippen molar-refractivity contribution in [3.63, 3.8) is 0 Å². The fraction of sp³-hybridized carbons (Fsp3) is 0.632. The molecular formula is C19H27N3O4S2. The molecule has 1 saturated heterocycles. The second-order valence-corrected chi connectivity index (χ2v) is 11.5. The lowest BCUT2D eigenvalue weighted by Gasteiger charge is -2.27. The summed E-state index contributed by atoms with van der Waals surface area (Å²) in [5.41, 5.74) is 5.92. The Bertz CT molecular complexity index is 893. The van der Waals surface area contributed by atoms with Gasteiger partial charge in [0.25, 0.3) is 0 Å². The number of benzene rings is 1. The third-order valence-electron chi connectivity index (χ3n) is 6.07. The van der Waals surface area contributed by atoms with E-state index in [0.717, 1.165) is 44.2 Å². The molecule has 28 heavy (non-hydrogen) atoms. The number of rotatable bonds is 7. The number of hydrogen-bond donors (Lipinski definition) is 3. The monoisotopic (exact) mass is 425 g/mol. The summed E-state index contributed by atoms with van der Waals surface area (Å²) in [6.07, 6.45) is 7.56. The van der Waals surface area contributed by atoms with Crippen LogP contribution in [0.25, 0.3) is 0 Å². The van der Waals surface area contributed by atoms with E-state index in [9.17, 15) is 17.4 Å². The van der Waals surface area contributed by atoms with Gasteiger partial charge in [-0.05, 0) is 60.8 Å². The predicted octanol–water partition coefficient (Wildman–Crippen LogP) is 0.241. The lowest BCUT2D eigenvalue weighted by Crippen LogP contribution is -2.56. The number of amides is 1. The first-order chi connectivity index (χ1) is 13.4. The third-order valence-corrected chi connectivity index (χ3v) is 9.03. The van der Waals surface area contributed by atoms with Crippen molar-refractivity contribution in [3.05, 3.63) is 28.3 Å². The van der Waals surface area contributed by atoms with Gasteiger partial charge < -0.3 is 10.6 Å². The Morgan fingerprint density at radius 2 is 1.79 bits per heavy atom. The molecule has 1 aromatic rings. The minimum Gasteiger partial charge on any atom is -0.324 e. The number of carbonyl (C=O) groups excluding carboxylic acids is 1. The smallest absolute Gasteiger partial charge is 0.241 e. The number of fused-ring (bicyclic) bond motifs is 2. The van der Waals surface area contributed by atoms with E-state index in [1.807, 2.05) is 0 Å². The first-order valence-corrected chi connectivity index (χ1v) is 13.0. The highest BCUT2D eigenvalue weighted by molar-refractivity contribution is 7.90. The maximum Gasteiger partial charge on any atom is 0.241 e. The molecule has 0 radical (unpaired) electrons. The molecule has 1 heterocycles. The van der Waals surface area contributed by atoms with E-state index in [-0.39, 0.29) is 12.5 Å². The van der Waals surface area contributed by atoms with Gasteiger partial charge in [0.1, 0.15) is 10.5 Å². The summed E-state index contributed by atoms with van der Waals surface area (Å²) in [5.74, 6) is -0.371. The minimum atomic E-state index is -3.50. The summed E-state index contributed by atoms with van der Waals surface area (Å²) in [5, 5.41) is 4.56. The van der Waals surface area contributed by atoms with Gasteiger partial charge in [0.05, 0.1) is 0 Å². The number of carbonyl (C=O) groups is 1. The van der Waals surface area contributed by atoms with Crippen molar-refractivity contribution in [1.29, 1.82) is 0 Å². The largest absolute Gasteiger partial charge is 0.324 e. The lowest BCUT2D eigenvalue weighted by atomic mass is 9.98. The molecule has 0 spiro atoms. The van der Waals surface area contributed by atoms with E-state index in [2.05, 4.69) is 21.4 Å². The normalized spacial score (nSPS) is 20.9. The second kappa shape index (κ2) is 7.85. The first kappa shape index (κ1) is 20.0. The molecule has 7 nitrogen and oxygen atoms in total. The van der Waals surface area contributed by atoms with Crippen molar-refractivity contribution in [3.8, 4) is 0 Å². The zero-order valence-corrected chi connectivity index (χ0v) is 17.7. The van der Waals surface area contributed by atoms with Crippen LogP contribution < -0.4 is 15.4 Å². The van der Waals surface area contributed by atoms with Crippen LogP contribution in [0.15, 0.2) is 6.07 Å². The minimum absolute atomic E-state index is 0.148. The number of anilines is 1. The van der Waals surface area contributed by atoms with Crippen molar-refractivity contribution in [1.82, 2.24) is 10.0 Å². The van der Waals surface area contributed by atoms with Gasteiger partial charge in [0.15, 0.2) is 0 Å². The van der Waals surface area contributed by atoms with Crippen LogP contribution >= 0.6 is 0 Å². The standard InChI is InChI=1S/C19H27N3O4S2/c1-27(24)17(11-21-28(25,26)14-9-20-10-14)19(23)22-18-15-6-2-4-12(15)8-13-5-3-7-16(13)18/h8,14,17,20-21H,2-7,9-11H2,1H3,(H,22,23). The third kappa shape index (κ3) is 3.77. The van der Waals surface area contributed by atoms with E-state index in [0.29, 0.717) is 13.1 Å². The summed E-state index contributed by atoms with van der Waals surface area (Å²) < 4.78 is 39.2. The Labute approximate surface area is 168 Å². The van der Waals surface area contributed by atoms with E-state index < -0.39 is 31.3 Å². The highest BCUT2D eigenvalue weighted by atomic mass is 32.2. The Morgan fingerprint density at radius 3 is 2.29 bits per heavy atom. The molecule has 0 saturated carbocycles. The summed E-state index contributed by atoms with van der Waals surface area (Å²) in [6.45, 7) is 0.665. The average molecular weight is 426 g/mol. The van der Waals surface area contributed by atoms with E-state index in [4.69, 9.17) is 0 Å². The van der Waals surface area contributed by atoms with Crippen LogP contribution in [0.2, 0.25) is 0 Å². The Balaban J connectivity index is 1.52. The van der Waals surface area contributed by atoms with Crippen molar-refractivity contribution in [2.24, 2.45) is 0 Å². The SMILES string of the molecule is CS(=O)C(CNS(=O)(=O)C1CNC1)C(=O)Nc1c2c(cc3c1CCC3)CCC2. The van der Waals surface area contributed by atoms with Crippen LogP contribution in [0.3, 0.4) is 0 Å². The van der Waals surface area contributed by atoms with Crippen LogP contribution in [-0.4, -0.2) is 54.9 Å².